The topological polar surface area (TPSA) is 36.4 Å². The lowest BCUT2D eigenvalue weighted by atomic mass is 10.1. The number of amides is 1. The number of thiazole rings is 1. The van der Waals surface area contributed by atoms with Crippen molar-refractivity contribution >= 4 is 22.9 Å². The van der Waals surface area contributed by atoms with Crippen LogP contribution in [0.4, 0.5) is 5.69 Å². The highest BCUT2D eigenvalue weighted by Crippen LogP contribution is 2.24. The molecule has 0 radical (unpaired) electrons. The highest BCUT2D eigenvalue weighted by molar-refractivity contribution is 7.11. The van der Waals surface area contributed by atoms with Crippen molar-refractivity contribution in [1.82, 2.24) is 9.88 Å². The van der Waals surface area contributed by atoms with Gasteiger partial charge in [0.1, 0.15) is 0 Å². The molecule has 0 unspecified atom stereocenters. The predicted octanol–water partition coefficient (Wildman–Crippen LogP) is 2.72. The molecule has 1 aliphatic heterocycles. The number of carbonyl (C=O) groups is 1. The summed E-state index contributed by atoms with van der Waals surface area (Å²) in [6, 6.07) is 6.41. The van der Waals surface area contributed by atoms with Crippen LogP contribution in [-0.2, 0) is 0 Å². The molecule has 110 valence electrons. The first kappa shape index (κ1) is 14.1. The number of aryl methyl sites for hydroxylation is 1. The van der Waals surface area contributed by atoms with E-state index in [9.17, 15) is 4.79 Å². The van der Waals surface area contributed by atoms with Gasteiger partial charge >= 0.3 is 0 Å². The summed E-state index contributed by atoms with van der Waals surface area (Å²) in [4.78, 5) is 20.7. The van der Waals surface area contributed by atoms with Crippen molar-refractivity contribution in [3.63, 3.8) is 0 Å². The number of anilines is 1. The second-order valence-electron chi connectivity index (χ2n) is 5.34. The van der Waals surface area contributed by atoms with E-state index in [4.69, 9.17) is 0 Å². The third-order valence-corrected chi connectivity index (χ3v) is 4.86. The number of carbonyl (C=O) groups excluding carboxylic acids is 1. The maximum Gasteiger partial charge on any atom is 0.282 e. The molecule has 1 fully saturated rings. The molecule has 1 aromatic heterocycles. The summed E-state index contributed by atoms with van der Waals surface area (Å²) in [6.45, 7) is 7.57. The molecular formula is C16H19N3OS. The molecule has 2 aromatic rings. The molecule has 1 amide bonds. The molecule has 5 heteroatoms. The van der Waals surface area contributed by atoms with Crippen LogP contribution in [-0.4, -0.2) is 42.0 Å². The zero-order valence-corrected chi connectivity index (χ0v) is 13.2. The van der Waals surface area contributed by atoms with Crippen molar-refractivity contribution in [2.75, 3.05) is 31.1 Å². The van der Waals surface area contributed by atoms with Gasteiger partial charge in [-0.15, -0.1) is 11.3 Å². The smallest absolute Gasteiger partial charge is 0.282 e. The van der Waals surface area contributed by atoms with Gasteiger partial charge in [0, 0.05) is 43.4 Å². The summed E-state index contributed by atoms with van der Waals surface area (Å²) in [7, 11) is 0. The Bertz CT molecular complexity index is 631. The van der Waals surface area contributed by atoms with Crippen LogP contribution in [0.1, 0.15) is 20.9 Å². The van der Waals surface area contributed by atoms with Crippen LogP contribution in [0.3, 0.4) is 0 Å². The van der Waals surface area contributed by atoms with E-state index in [0.717, 1.165) is 26.2 Å². The predicted molar refractivity (Wildman–Crippen MR) is 86.1 cm³/mol. The number of nitrogens with zero attached hydrogens (tertiary/aromatic N) is 3. The van der Waals surface area contributed by atoms with Crippen LogP contribution in [0.5, 0.6) is 0 Å². The molecule has 1 aromatic carbocycles. The summed E-state index contributed by atoms with van der Waals surface area (Å²) in [5.74, 6) is 0.0608. The van der Waals surface area contributed by atoms with Crippen molar-refractivity contribution in [3.8, 4) is 0 Å². The van der Waals surface area contributed by atoms with Gasteiger partial charge in [0.2, 0.25) is 0 Å². The van der Waals surface area contributed by atoms with E-state index in [1.165, 1.54) is 28.2 Å². The van der Waals surface area contributed by atoms with Gasteiger partial charge in [-0.3, -0.25) is 4.79 Å². The number of aromatic nitrogens is 1. The largest absolute Gasteiger partial charge is 0.368 e. The van der Waals surface area contributed by atoms with Crippen molar-refractivity contribution in [2.45, 2.75) is 13.8 Å². The summed E-state index contributed by atoms with van der Waals surface area (Å²) in [5, 5.41) is 2.44. The molecule has 1 aliphatic rings. The van der Waals surface area contributed by atoms with E-state index in [2.05, 4.69) is 41.9 Å². The first-order chi connectivity index (χ1) is 10.2. The average molecular weight is 301 g/mol. The highest BCUT2D eigenvalue weighted by atomic mass is 32.1. The number of piperazine rings is 1. The van der Waals surface area contributed by atoms with E-state index in [1.807, 2.05) is 10.3 Å². The molecule has 21 heavy (non-hydrogen) atoms. The van der Waals surface area contributed by atoms with Crippen LogP contribution in [0.25, 0.3) is 0 Å². The first-order valence-corrected chi connectivity index (χ1v) is 8.04. The van der Waals surface area contributed by atoms with Gasteiger partial charge in [-0.05, 0) is 31.0 Å². The van der Waals surface area contributed by atoms with E-state index < -0.39 is 0 Å². The van der Waals surface area contributed by atoms with Gasteiger partial charge in [-0.2, -0.15) is 0 Å². The van der Waals surface area contributed by atoms with Crippen molar-refractivity contribution < 1.29 is 4.79 Å². The van der Waals surface area contributed by atoms with Gasteiger partial charge in [0.25, 0.3) is 5.91 Å². The Balaban J connectivity index is 1.68. The minimum atomic E-state index is 0.0608. The average Bonchev–Trinajstić information content (AvgIpc) is 3.04. The number of benzene rings is 1. The highest BCUT2D eigenvalue weighted by Gasteiger charge is 2.24. The third-order valence-electron chi connectivity index (χ3n) is 4.10. The molecule has 0 aliphatic carbocycles. The van der Waals surface area contributed by atoms with Gasteiger partial charge in [0.15, 0.2) is 5.01 Å². The van der Waals surface area contributed by atoms with Gasteiger partial charge in [0.05, 0.1) is 0 Å². The van der Waals surface area contributed by atoms with Crippen molar-refractivity contribution in [1.29, 1.82) is 0 Å². The van der Waals surface area contributed by atoms with Crippen molar-refractivity contribution in [2.24, 2.45) is 0 Å². The minimum Gasteiger partial charge on any atom is -0.368 e. The minimum absolute atomic E-state index is 0.0608. The number of hydrogen-bond donors (Lipinski definition) is 0. The Morgan fingerprint density at radius 3 is 2.62 bits per heavy atom. The lowest BCUT2D eigenvalue weighted by Gasteiger charge is -2.36. The quantitative estimate of drug-likeness (QED) is 0.856. The lowest BCUT2D eigenvalue weighted by Crippen LogP contribution is -2.49. The molecule has 0 bridgehead atoms. The number of rotatable bonds is 2. The number of hydrogen-bond acceptors (Lipinski definition) is 4. The Labute approximate surface area is 129 Å². The van der Waals surface area contributed by atoms with Crippen LogP contribution < -0.4 is 4.90 Å². The molecule has 0 spiro atoms. The van der Waals surface area contributed by atoms with Gasteiger partial charge < -0.3 is 9.80 Å². The zero-order chi connectivity index (χ0) is 14.8. The summed E-state index contributed by atoms with van der Waals surface area (Å²) in [6.07, 6.45) is 1.68. The molecule has 1 saturated heterocycles. The Morgan fingerprint density at radius 2 is 1.95 bits per heavy atom. The molecule has 0 saturated carbocycles. The monoisotopic (exact) mass is 301 g/mol. The second-order valence-corrected chi connectivity index (χ2v) is 6.23. The Hall–Kier alpha value is -1.88. The van der Waals surface area contributed by atoms with E-state index in [1.54, 1.807) is 6.20 Å². The molecule has 3 rings (SSSR count). The fourth-order valence-electron chi connectivity index (χ4n) is 2.69. The standard InChI is InChI=1S/C16H19N3OS/c1-12-4-3-5-14(13(12)2)18-7-9-19(10-8-18)16(20)15-17-6-11-21-15/h3-6,11H,7-10H2,1-2H3. The third kappa shape index (κ3) is 2.78. The van der Waals surface area contributed by atoms with Gasteiger partial charge in [-0.25, -0.2) is 4.98 Å². The van der Waals surface area contributed by atoms with Gasteiger partial charge in [-0.1, -0.05) is 12.1 Å². The summed E-state index contributed by atoms with van der Waals surface area (Å²) < 4.78 is 0. The van der Waals surface area contributed by atoms with E-state index in [0.29, 0.717) is 5.01 Å². The van der Waals surface area contributed by atoms with Crippen LogP contribution in [0, 0.1) is 13.8 Å². The summed E-state index contributed by atoms with van der Waals surface area (Å²) >= 11 is 1.41. The maximum atomic E-state index is 12.3. The molecular weight excluding hydrogens is 282 g/mol. The normalized spacial score (nSPS) is 15.3. The lowest BCUT2D eigenvalue weighted by molar-refractivity contribution is 0.0746. The van der Waals surface area contributed by atoms with E-state index >= 15 is 0 Å². The fraction of sp³-hybridized carbons (Fsp3) is 0.375. The van der Waals surface area contributed by atoms with Crippen molar-refractivity contribution in [3.05, 3.63) is 45.9 Å². The van der Waals surface area contributed by atoms with Crippen LogP contribution in [0.15, 0.2) is 29.8 Å². The maximum absolute atomic E-state index is 12.3. The molecule has 4 nitrogen and oxygen atoms in total. The van der Waals surface area contributed by atoms with Crippen LogP contribution in [0.2, 0.25) is 0 Å². The Morgan fingerprint density at radius 1 is 1.19 bits per heavy atom. The van der Waals surface area contributed by atoms with E-state index in [-0.39, 0.29) is 5.91 Å². The van der Waals surface area contributed by atoms with Crippen LogP contribution >= 0.6 is 11.3 Å². The molecule has 0 N–H and O–H groups in total. The second kappa shape index (κ2) is 5.85. The molecule has 0 atom stereocenters. The zero-order valence-electron chi connectivity index (χ0n) is 12.4. The fourth-order valence-corrected chi connectivity index (χ4v) is 3.30. The first-order valence-electron chi connectivity index (χ1n) is 7.17. The SMILES string of the molecule is Cc1cccc(N2CCN(C(=O)c3nccs3)CC2)c1C. The summed E-state index contributed by atoms with van der Waals surface area (Å²) in [5.41, 5.74) is 3.93. The Kier molecular flexibility index (Phi) is 3.92. The molecule has 2 heterocycles.